The van der Waals surface area contributed by atoms with Crippen molar-refractivity contribution in [3.05, 3.63) is 16.1 Å². The van der Waals surface area contributed by atoms with E-state index in [0.717, 1.165) is 24.5 Å². The van der Waals surface area contributed by atoms with Gasteiger partial charge in [0.25, 0.3) is 0 Å². The van der Waals surface area contributed by atoms with Gasteiger partial charge in [0.15, 0.2) is 0 Å². The fourth-order valence-electron chi connectivity index (χ4n) is 1.47. The first-order valence-electron chi connectivity index (χ1n) is 4.81. The molecule has 1 heterocycles. The van der Waals surface area contributed by atoms with Crippen LogP contribution in [0.4, 0.5) is 0 Å². The third-order valence-corrected chi connectivity index (χ3v) is 4.04. The maximum absolute atomic E-state index is 6.21. The van der Waals surface area contributed by atoms with Crippen molar-refractivity contribution in [1.82, 2.24) is 4.98 Å². The van der Waals surface area contributed by atoms with Gasteiger partial charge in [-0.15, -0.1) is 22.9 Å². The van der Waals surface area contributed by atoms with E-state index in [4.69, 9.17) is 11.6 Å². The summed E-state index contributed by atoms with van der Waals surface area (Å²) in [6.07, 6.45) is 4.83. The highest BCUT2D eigenvalue weighted by molar-refractivity contribution is 7.09. The van der Waals surface area contributed by atoms with E-state index in [9.17, 15) is 0 Å². The Morgan fingerprint density at radius 1 is 1.69 bits per heavy atom. The van der Waals surface area contributed by atoms with Crippen LogP contribution in [0.15, 0.2) is 5.38 Å². The Kier molecular flexibility index (Phi) is 2.89. The number of hydrogen-bond donors (Lipinski definition) is 0. The molecule has 0 bridgehead atoms. The topological polar surface area (TPSA) is 12.9 Å². The monoisotopic (exact) mass is 215 g/mol. The van der Waals surface area contributed by atoms with Crippen LogP contribution < -0.4 is 0 Å². The minimum Gasteiger partial charge on any atom is -0.247 e. The zero-order valence-electron chi connectivity index (χ0n) is 7.79. The first kappa shape index (κ1) is 9.47. The predicted molar refractivity (Wildman–Crippen MR) is 57.5 cm³/mol. The summed E-state index contributed by atoms with van der Waals surface area (Å²) in [5, 5.41) is 3.74. The van der Waals surface area contributed by atoms with Gasteiger partial charge < -0.3 is 0 Å². The Labute approximate surface area is 88.1 Å². The van der Waals surface area contributed by atoms with Gasteiger partial charge in [0.1, 0.15) is 0 Å². The number of thiazole rings is 1. The molecule has 1 unspecified atom stereocenters. The van der Waals surface area contributed by atoms with Gasteiger partial charge in [0.05, 0.1) is 5.01 Å². The quantitative estimate of drug-likeness (QED) is 0.702. The summed E-state index contributed by atoms with van der Waals surface area (Å²) in [5.41, 5.74) is 1.14. The number of aromatic nitrogens is 1. The summed E-state index contributed by atoms with van der Waals surface area (Å²) in [4.78, 5) is 4.42. The Morgan fingerprint density at radius 2 is 2.46 bits per heavy atom. The van der Waals surface area contributed by atoms with Crippen LogP contribution in [-0.4, -0.2) is 10.4 Å². The largest absolute Gasteiger partial charge is 0.247 e. The number of alkyl halides is 1. The lowest BCUT2D eigenvalue weighted by molar-refractivity contribution is 0.674. The Morgan fingerprint density at radius 3 is 3.00 bits per heavy atom. The Bertz CT molecular complexity index is 280. The molecule has 0 amide bonds. The van der Waals surface area contributed by atoms with Crippen molar-refractivity contribution in [2.75, 3.05) is 0 Å². The molecule has 0 spiro atoms. The summed E-state index contributed by atoms with van der Waals surface area (Å²) >= 11 is 7.97. The molecule has 0 aromatic carbocycles. The number of halogens is 1. The lowest BCUT2D eigenvalue weighted by Gasteiger charge is -2.04. The molecule has 1 aromatic heterocycles. The van der Waals surface area contributed by atoms with Crippen molar-refractivity contribution < 1.29 is 0 Å². The van der Waals surface area contributed by atoms with E-state index < -0.39 is 0 Å². The van der Waals surface area contributed by atoms with Crippen LogP contribution in [0, 0.1) is 12.8 Å². The Balaban J connectivity index is 1.78. The number of hydrogen-bond acceptors (Lipinski definition) is 2. The first-order chi connectivity index (χ1) is 6.25. The lowest BCUT2D eigenvalue weighted by atomic mass is 10.2. The highest BCUT2D eigenvalue weighted by atomic mass is 35.5. The standard InChI is InChI=1S/C10H14ClNS/c1-7-6-13-10(12-7)5-4-9(11)8-2-3-8/h6,8-9H,2-5H2,1H3. The van der Waals surface area contributed by atoms with E-state index in [-0.39, 0.29) is 0 Å². The van der Waals surface area contributed by atoms with Crippen LogP contribution in [0.2, 0.25) is 0 Å². The SMILES string of the molecule is Cc1csc(CCC(Cl)C2CC2)n1. The fraction of sp³-hybridized carbons (Fsp3) is 0.700. The molecule has 0 aliphatic heterocycles. The van der Waals surface area contributed by atoms with Crippen molar-refractivity contribution in [3.8, 4) is 0 Å². The van der Waals surface area contributed by atoms with E-state index in [1.165, 1.54) is 17.8 Å². The second-order valence-corrected chi connectivity index (χ2v) is 5.28. The average Bonchev–Trinajstić information content (AvgIpc) is 2.87. The molecule has 2 rings (SSSR count). The van der Waals surface area contributed by atoms with Gasteiger partial charge in [-0.25, -0.2) is 4.98 Å². The van der Waals surface area contributed by atoms with Crippen LogP contribution in [0.25, 0.3) is 0 Å². The third kappa shape index (κ3) is 2.68. The zero-order chi connectivity index (χ0) is 9.26. The van der Waals surface area contributed by atoms with Gasteiger partial charge in [-0.2, -0.15) is 0 Å². The molecular weight excluding hydrogens is 202 g/mol. The summed E-state index contributed by atoms with van der Waals surface area (Å²) in [7, 11) is 0. The molecule has 1 nitrogen and oxygen atoms in total. The fourth-order valence-corrected chi connectivity index (χ4v) is 2.63. The second-order valence-electron chi connectivity index (χ2n) is 3.77. The van der Waals surface area contributed by atoms with Crippen LogP contribution in [0.5, 0.6) is 0 Å². The van der Waals surface area contributed by atoms with Gasteiger partial charge in [0.2, 0.25) is 0 Å². The summed E-state index contributed by atoms with van der Waals surface area (Å²) < 4.78 is 0. The summed E-state index contributed by atoms with van der Waals surface area (Å²) in [6.45, 7) is 2.04. The molecule has 1 aromatic rings. The minimum atomic E-state index is 0.393. The molecule has 1 saturated carbocycles. The molecule has 13 heavy (non-hydrogen) atoms. The molecule has 0 radical (unpaired) electrons. The van der Waals surface area contributed by atoms with E-state index in [0.29, 0.717) is 5.38 Å². The van der Waals surface area contributed by atoms with Crippen molar-refractivity contribution in [2.24, 2.45) is 5.92 Å². The first-order valence-corrected chi connectivity index (χ1v) is 6.12. The highest BCUT2D eigenvalue weighted by Gasteiger charge is 2.29. The van der Waals surface area contributed by atoms with Gasteiger partial charge in [-0.05, 0) is 32.1 Å². The molecule has 1 aliphatic carbocycles. The molecule has 1 fully saturated rings. The van der Waals surface area contributed by atoms with Crippen molar-refractivity contribution >= 4 is 22.9 Å². The van der Waals surface area contributed by atoms with E-state index in [1.54, 1.807) is 11.3 Å². The molecule has 0 saturated heterocycles. The normalized spacial score (nSPS) is 18.9. The van der Waals surface area contributed by atoms with Crippen LogP contribution >= 0.6 is 22.9 Å². The molecule has 1 atom stereocenters. The van der Waals surface area contributed by atoms with Gasteiger partial charge >= 0.3 is 0 Å². The van der Waals surface area contributed by atoms with Crippen LogP contribution in [0.1, 0.15) is 30.0 Å². The number of aryl methyl sites for hydroxylation is 2. The van der Waals surface area contributed by atoms with Gasteiger partial charge in [-0.3, -0.25) is 0 Å². The van der Waals surface area contributed by atoms with Crippen molar-refractivity contribution in [3.63, 3.8) is 0 Å². The Hall–Kier alpha value is -0.0800. The maximum Gasteiger partial charge on any atom is 0.0928 e. The lowest BCUT2D eigenvalue weighted by Crippen LogP contribution is -2.02. The van der Waals surface area contributed by atoms with E-state index >= 15 is 0 Å². The van der Waals surface area contributed by atoms with E-state index in [2.05, 4.69) is 10.4 Å². The summed E-state index contributed by atoms with van der Waals surface area (Å²) in [6, 6.07) is 0. The van der Waals surface area contributed by atoms with Crippen LogP contribution in [0.3, 0.4) is 0 Å². The maximum atomic E-state index is 6.21. The third-order valence-electron chi connectivity index (χ3n) is 2.43. The van der Waals surface area contributed by atoms with Crippen LogP contribution in [-0.2, 0) is 6.42 Å². The van der Waals surface area contributed by atoms with E-state index in [1.807, 2.05) is 6.92 Å². The smallest absolute Gasteiger partial charge is 0.0928 e. The molecule has 3 heteroatoms. The highest BCUT2D eigenvalue weighted by Crippen LogP contribution is 2.37. The van der Waals surface area contributed by atoms with Crippen molar-refractivity contribution in [1.29, 1.82) is 0 Å². The predicted octanol–water partition coefficient (Wildman–Crippen LogP) is 3.40. The van der Waals surface area contributed by atoms with Gasteiger partial charge in [-0.1, -0.05) is 0 Å². The number of nitrogens with zero attached hydrogens (tertiary/aromatic N) is 1. The average molecular weight is 216 g/mol. The summed E-state index contributed by atoms with van der Waals surface area (Å²) in [5.74, 6) is 0.808. The van der Waals surface area contributed by atoms with Gasteiger partial charge in [0, 0.05) is 22.9 Å². The molecule has 72 valence electrons. The van der Waals surface area contributed by atoms with Crippen molar-refractivity contribution in [2.45, 2.75) is 38.0 Å². The molecule has 1 aliphatic rings. The molecular formula is C10H14ClNS. The minimum absolute atomic E-state index is 0.393. The second kappa shape index (κ2) is 3.97. The molecule has 0 N–H and O–H groups in total. The number of rotatable bonds is 4. The zero-order valence-corrected chi connectivity index (χ0v) is 9.37.